The molecular weight excluding hydrogens is 268 g/mol. The number of methoxy groups -OCH3 is 1. The lowest BCUT2D eigenvalue weighted by Crippen LogP contribution is -2.21. The van der Waals surface area contributed by atoms with Gasteiger partial charge in [-0.25, -0.2) is 4.98 Å². The lowest BCUT2D eigenvalue weighted by molar-refractivity contribution is 0.199. The molecule has 2 rings (SSSR count). The number of ether oxygens (including phenoxy) is 1. The molecule has 0 fully saturated rings. The largest absolute Gasteiger partial charge is 0.383 e. The number of aromatic nitrogens is 1. The highest BCUT2D eigenvalue weighted by Crippen LogP contribution is 2.27. The molecule has 1 N–H and O–H groups in total. The summed E-state index contributed by atoms with van der Waals surface area (Å²) in [5.74, 6) is 0. The third kappa shape index (κ3) is 4.13. The lowest BCUT2D eigenvalue weighted by atomic mass is 10.1. The van der Waals surface area contributed by atoms with E-state index in [0.717, 1.165) is 31.8 Å². The molecule has 0 saturated heterocycles. The molecule has 0 bridgehead atoms. The lowest BCUT2D eigenvalue weighted by Gasteiger charge is -2.01. The van der Waals surface area contributed by atoms with Crippen molar-refractivity contribution in [2.24, 2.45) is 0 Å². The molecule has 0 amide bonds. The van der Waals surface area contributed by atoms with Gasteiger partial charge in [0.25, 0.3) is 0 Å². The summed E-state index contributed by atoms with van der Waals surface area (Å²) in [6.07, 6.45) is 0.973. The van der Waals surface area contributed by atoms with Gasteiger partial charge in [-0.1, -0.05) is 29.8 Å². The molecule has 0 aliphatic heterocycles. The highest BCUT2D eigenvalue weighted by Gasteiger charge is 2.09. The SMILES string of the molecule is COCCNCCc1nc(-c2ccc(C)cc2)c(C)s1. The first-order valence-corrected chi connectivity index (χ1v) is 7.75. The number of thiazole rings is 1. The molecule has 1 aromatic heterocycles. The fourth-order valence-corrected chi connectivity index (χ4v) is 2.99. The molecule has 3 nitrogen and oxygen atoms in total. The summed E-state index contributed by atoms with van der Waals surface area (Å²) in [6, 6.07) is 8.58. The van der Waals surface area contributed by atoms with Crippen LogP contribution in [0.2, 0.25) is 0 Å². The van der Waals surface area contributed by atoms with Crippen molar-refractivity contribution in [1.29, 1.82) is 0 Å². The minimum atomic E-state index is 0.755. The second kappa shape index (κ2) is 7.53. The second-order valence-corrected chi connectivity index (χ2v) is 6.16. The predicted octanol–water partition coefficient (Wildman–Crippen LogP) is 3.21. The van der Waals surface area contributed by atoms with Gasteiger partial charge in [-0.15, -0.1) is 11.3 Å². The third-order valence-corrected chi connectivity index (χ3v) is 4.20. The Balaban J connectivity index is 1.97. The van der Waals surface area contributed by atoms with E-state index in [2.05, 4.69) is 43.4 Å². The average Bonchev–Trinajstić information content (AvgIpc) is 2.81. The van der Waals surface area contributed by atoms with Crippen LogP contribution in [0.1, 0.15) is 15.4 Å². The van der Waals surface area contributed by atoms with Gasteiger partial charge in [-0.2, -0.15) is 0 Å². The Morgan fingerprint density at radius 2 is 1.90 bits per heavy atom. The molecule has 1 aromatic carbocycles. The van der Waals surface area contributed by atoms with Gasteiger partial charge in [0, 0.05) is 37.1 Å². The van der Waals surface area contributed by atoms with Crippen LogP contribution in [-0.2, 0) is 11.2 Å². The number of hydrogen-bond acceptors (Lipinski definition) is 4. The van der Waals surface area contributed by atoms with Crippen LogP contribution in [-0.4, -0.2) is 31.8 Å². The minimum absolute atomic E-state index is 0.755. The summed E-state index contributed by atoms with van der Waals surface area (Å²) in [7, 11) is 1.72. The molecule has 1 heterocycles. The Morgan fingerprint density at radius 3 is 2.60 bits per heavy atom. The molecule has 0 spiro atoms. The van der Waals surface area contributed by atoms with E-state index in [9.17, 15) is 0 Å². The van der Waals surface area contributed by atoms with E-state index in [1.54, 1.807) is 18.4 Å². The Kier molecular flexibility index (Phi) is 5.71. The zero-order valence-electron chi connectivity index (χ0n) is 12.4. The molecule has 0 aliphatic carbocycles. The van der Waals surface area contributed by atoms with Crippen molar-refractivity contribution in [2.45, 2.75) is 20.3 Å². The van der Waals surface area contributed by atoms with Gasteiger partial charge in [0.2, 0.25) is 0 Å². The number of nitrogens with one attached hydrogen (secondary N) is 1. The first-order valence-electron chi connectivity index (χ1n) is 6.93. The van der Waals surface area contributed by atoms with Crippen molar-refractivity contribution in [2.75, 3.05) is 26.8 Å². The van der Waals surface area contributed by atoms with Crippen molar-refractivity contribution in [3.63, 3.8) is 0 Å². The van der Waals surface area contributed by atoms with Crippen molar-refractivity contribution in [3.05, 3.63) is 39.7 Å². The van der Waals surface area contributed by atoms with Gasteiger partial charge < -0.3 is 10.1 Å². The maximum Gasteiger partial charge on any atom is 0.0948 e. The molecule has 20 heavy (non-hydrogen) atoms. The van der Waals surface area contributed by atoms with E-state index >= 15 is 0 Å². The van der Waals surface area contributed by atoms with E-state index < -0.39 is 0 Å². The number of benzene rings is 1. The van der Waals surface area contributed by atoms with Crippen LogP contribution in [0.4, 0.5) is 0 Å². The summed E-state index contributed by atoms with van der Waals surface area (Å²) in [5, 5.41) is 4.55. The molecular formula is C16H22N2OS. The number of hydrogen-bond donors (Lipinski definition) is 1. The van der Waals surface area contributed by atoms with Crippen LogP contribution in [0.3, 0.4) is 0 Å². The van der Waals surface area contributed by atoms with Crippen molar-refractivity contribution < 1.29 is 4.74 Å². The topological polar surface area (TPSA) is 34.1 Å². The van der Waals surface area contributed by atoms with E-state index in [1.807, 2.05) is 0 Å². The van der Waals surface area contributed by atoms with Crippen molar-refractivity contribution in [1.82, 2.24) is 10.3 Å². The molecule has 4 heteroatoms. The first-order chi connectivity index (χ1) is 9.70. The third-order valence-electron chi connectivity index (χ3n) is 3.16. The minimum Gasteiger partial charge on any atom is -0.383 e. The van der Waals surface area contributed by atoms with Gasteiger partial charge in [0.05, 0.1) is 17.3 Å². The van der Waals surface area contributed by atoms with E-state index in [-0.39, 0.29) is 0 Å². The summed E-state index contributed by atoms with van der Waals surface area (Å²) >= 11 is 1.79. The fraction of sp³-hybridized carbons (Fsp3) is 0.438. The molecule has 0 unspecified atom stereocenters. The summed E-state index contributed by atoms with van der Waals surface area (Å²) in [5.41, 5.74) is 3.62. The summed E-state index contributed by atoms with van der Waals surface area (Å²) in [4.78, 5) is 6.07. The van der Waals surface area contributed by atoms with Gasteiger partial charge in [0.1, 0.15) is 0 Å². The first kappa shape index (κ1) is 15.2. The van der Waals surface area contributed by atoms with Crippen LogP contribution in [0, 0.1) is 13.8 Å². The number of aryl methyl sites for hydroxylation is 2. The average molecular weight is 290 g/mol. The van der Waals surface area contributed by atoms with Gasteiger partial charge >= 0.3 is 0 Å². The zero-order valence-corrected chi connectivity index (χ0v) is 13.2. The number of rotatable bonds is 7. The zero-order chi connectivity index (χ0) is 14.4. The highest BCUT2D eigenvalue weighted by atomic mass is 32.1. The monoisotopic (exact) mass is 290 g/mol. The molecule has 0 aliphatic rings. The fourth-order valence-electron chi connectivity index (χ4n) is 2.03. The van der Waals surface area contributed by atoms with Crippen LogP contribution in [0.15, 0.2) is 24.3 Å². The summed E-state index contributed by atoms with van der Waals surface area (Å²) < 4.78 is 5.01. The molecule has 0 radical (unpaired) electrons. The van der Waals surface area contributed by atoms with Crippen LogP contribution < -0.4 is 5.32 Å². The quantitative estimate of drug-likeness (QED) is 0.795. The smallest absolute Gasteiger partial charge is 0.0948 e. The van der Waals surface area contributed by atoms with Crippen LogP contribution in [0.5, 0.6) is 0 Å². The Morgan fingerprint density at radius 1 is 1.15 bits per heavy atom. The van der Waals surface area contributed by atoms with E-state index in [0.29, 0.717) is 0 Å². The maximum absolute atomic E-state index is 5.01. The predicted molar refractivity (Wildman–Crippen MR) is 85.5 cm³/mol. The van der Waals surface area contributed by atoms with Crippen molar-refractivity contribution in [3.8, 4) is 11.3 Å². The Hall–Kier alpha value is -1.23. The molecule has 0 atom stereocenters. The molecule has 2 aromatic rings. The second-order valence-electron chi connectivity index (χ2n) is 4.87. The summed E-state index contributed by atoms with van der Waals surface area (Å²) in [6.45, 7) is 6.85. The van der Waals surface area contributed by atoms with Crippen molar-refractivity contribution >= 4 is 11.3 Å². The van der Waals surface area contributed by atoms with E-state index in [4.69, 9.17) is 9.72 Å². The Bertz CT molecular complexity index is 534. The van der Waals surface area contributed by atoms with Crippen LogP contribution >= 0.6 is 11.3 Å². The normalized spacial score (nSPS) is 10.9. The maximum atomic E-state index is 5.01. The van der Waals surface area contributed by atoms with Gasteiger partial charge in [0.15, 0.2) is 0 Å². The molecule has 0 saturated carbocycles. The highest BCUT2D eigenvalue weighted by molar-refractivity contribution is 7.12. The van der Waals surface area contributed by atoms with E-state index in [1.165, 1.54) is 21.0 Å². The number of nitrogens with zero attached hydrogens (tertiary/aromatic N) is 1. The van der Waals surface area contributed by atoms with Gasteiger partial charge in [-0.3, -0.25) is 0 Å². The Labute approximate surface area is 125 Å². The molecule has 108 valence electrons. The van der Waals surface area contributed by atoms with Gasteiger partial charge in [-0.05, 0) is 13.8 Å². The standard InChI is InChI=1S/C16H22N2OS/c1-12-4-6-14(7-5-12)16-13(2)20-15(18-16)8-9-17-10-11-19-3/h4-7,17H,8-11H2,1-3H3. The van der Waals surface area contributed by atoms with Crippen LogP contribution in [0.25, 0.3) is 11.3 Å².